The first-order valence-corrected chi connectivity index (χ1v) is 17.0. The highest BCUT2D eigenvalue weighted by Gasteiger charge is 2.52. The van der Waals surface area contributed by atoms with Crippen LogP contribution in [0.2, 0.25) is 0 Å². The van der Waals surface area contributed by atoms with Crippen LogP contribution < -0.4 is 0 Å². The lowest BCUT2D eigenvalue weighted by Gasteiger charge is -2.23. The Balaban J connectivity index is 1.13. The van der Waals surface area contributed by atoms with Crippen LogP contribution in [0.25, 0.3) is 45.2 Å². The minimum atomic E-state index is 0.158. The first-order valence-electron chi connectivity index (χ1n) is 17.0. The molecule has 234 valence electrons. The minimum Gasteiger partial charge on any atom is -0.256 e. The summed E-state index contributed by atoms with van der Waals surface area (Å²) in [5.41, 5.74) is 10.3. The molecule has 0 saturated heterocycles. The largest absolute Gasteiger partial charge is 0.256 e. The molecule has 0 bridgehead atoms. The molecule has 49 heavy (non-hydrogen) atoms. The van der Waals surface area contributed by atoms with Gasteiger partial charge in [-0.15, -0.1) is 0 Å². The predicted octanol–water partition coefficient (Wildman–Crippen LogP) is 10.3. The van der Waals surface area contributed by atoms with Gasteiger partial charge < -0.3 is 0 Å². The fourth-order valence-electron chi connectivity index (χ4n) is 7.31. The maximum Gasteiger partial charge on any atom is 0.164 e. The molecule has 9 rings (SSSR count). The normalized spacial score (nSPS) is 20.7. The molecule has 0 aliphatic heterocycles. The van der Waals surface area contributed by atoms with Gasteiger partial charge in [-0.25, -0.2) is 15.0 Å². The standard InChI is InChI=1S/C45H34N4/c1-3-11-34(12-4-1)42-47-43(35-13-5-2-6-14-35)49-44(48-42)38-28-36(31-17-19-33(20-18-31)41-16-8-10-26-46-41)27-37(29-38)32-21-23-39(24-22-32)45-25-9-7-15-40(45)30-45/h1-28,37,40H,29-30H2/t37-,40?,45?/m0/s1. The number of nitrogens with zero attached hydrogens (tertiary/aromatic N) is 4. The van der Waals surface area contributed by atoms with Crippen LogP contribution in [0.4, 0.5) is 0 Å². The van der Waals surface area contributed by atoms with Crippen LogP contribution in [0.5, 0.6) is 0 Å². The average molecular weight is 631 g/mol. The smallest absolute Gasteiger partial charge is 0.164 e. The zero-order valence-corrected chi connectivity index (χ0v) is 27.0. The number of pyridine rings is 1. The monoisotopic (exact) mass is 630 g/mol. The van der Waals surface area contributed by atoms with Gasteiger partial charge in [0.2, 0.25) is 0 Å². The van der Waals surface area contributed by atoms with E-state index >= 15 is 0 Å². The van der Waals surface area contributed by atoms with E-state index in [1.807, 2.05) is 60.8 Å². The molecule has 0 radical (unpaired) electrons. The summed E-state index contributed by atoms with van der Waals surface area (Å²) in [6, 6.07) is 44.5. The summed E-state index contributed by atoms with van der Waals surface area (Å²) in [4.78, 5) is 19.7. The van der Waals surface area contributed by atoms with Crippen molar-refractivity contribution in [1.29, 1.82) is 0 Å². The molecule has 3 aliphatic rings. The van der Waals surface area contributed by atoms with Gasteiger partial charge in [0.25, 0.3) is 0 Å². The van der Waals surface area contributed by atoms with E-state index in [9.17, 15) is 0 Å². The van der Waals surface area contributed by atoms with Crippen LogP contribution in [0.3, 0.4) is 0 Å². The van der Waals surface area contributed by atoms with Crippen molar-refractivity contribution in [3.8, 4) is 34.0 Å². The SMILES string of the molecule is C1=CC2CC2(c2ccc([C@H]3C=C(c4ccc(-c5ccccn5)cc4)C=C(c4nc(-c5ccccc5)nc(-c5ccccc5)n4)C3)cc2)C=C1. The Morgan fingerprint density at radius 2 is 1.22 bits per heavy atom. The highest BCUT2D eigenvalue weighted by atomic mass is 15.0. The van der Waals surface area contributed by atoms with E-state index in [2.05, 4.69) is 114 Å². The summed E-state index contributed by atoms with van der Waals surface area (Å²) in [5.74, 6) is 2.84. The van der Waals surface area contributed by atoms with Crippen LogP contribution >= 0.6 is 0 Å². The summed E-state index contributed by atoms with van der Waals surface area (Å²) < 4.78 is 0. The van der Waals surface area contributed by atoms with Gasteiger partial charge in [-0.1, -0.05) is 146 Å². The van der Waals surface area contributed by atoms with E-state index in [1.165, 1.54) is 17.5 Å². The molecular formula is C45H34N4. The molecule has 4 aromatic carbocycles. The molecule has 2 unspecified atom stereocenters. The van der Waals surface area contributed by atoms with Crippen molar-refractivity contribution in [3.63, 3.8) is 0 Å². The van der Waals surface area contributed by atoms with Gasteiger partial charge >= 0.3 is 0 Å². The molecule has 2 aromatic heterocycles. The van der Waals surface area contributed by atoms with E-state index in [1.54, 1.807) is 0 Å². The Bertz CT molecular complexity index is 2190. The van der Waals surface area contributed by atoms with E-state index in [-0.39, 0.29) is 11.3 Å². The quantitative estimate of drug-likeness (QED) is 0.176. The fraction of sp³-hybridized carbons (Fsp3) is 0.111. The van der Waals surface area contributed by atoms with Crippen LogP contribution in [0.15, 0.2) is 170 Å². The molecule has 2 heterocycles. The number of hydrogen-bond acceptors (Lipinski definition) is 4. The fourth-order valence-corrected chi connectivity index (χ4v) is 7.31. The van der Waals surface area contributed by atoms with Gasteiger partial charge in [0.05, 0.1) is 5.69 Å². The van der Waals surface area contributed by atoms with Crippen LogP contribution in [0.1, 0.15) is 41.3 Å². The predicted molar refractivity (Wildman–Crippen MR) is 198 cm³/mol. The average Bonchev–Trinajstić information content (AvgIpc) is 3.95. The second-order valence-electron chi connectivity index (χ2n) is 13.1. The summed E-state index contributed by atoms with van der Waals surface area (Å²) in [6.07, 6.45) is 17.6. The van der Waals surface area contributed by atoms with Gasteiger partial charge in [-0.3, -0.25) is 4.98 Å². The number of hydrogen-bond donors (Lipinski definition) is 0. The Kier molecular flexibility index (Phi) is 7.27. The lowest BCUT2D eigenvalue weighted by atomic mass is 9.82. The second kappa shape index (κ2) is 12.2. The van der Waals surface area contributed by atoms with Crippen LogP contribution in [-0.4, -0.2) is 19.9 Å². The molecule has 0 amide bonds. The molecule has 1 fully saturated rings. The summed E-state index contributed by atoms with van der Waals surface area (Å²) >= 11 is 0. The highest BCUT2D eigenvalue weighted by molar-refractivity contribution is 5.86. The number of benzene rings is 4. The van der Waals surface area contributed by atoms with Gasteiger partial charge in [0.1, 0.15) is 0 Å². The summed E-state index contributed by atoms with van der Waals surface area (Å²) in [7, 11) is 0. The molecule has 3 atom stereocenters. The molecule has 3 aliphatic carbocycles. The van der Waals surface area contributed by atoms with Gasteiger partial charge in [0, 0.05) is 34.2 Å². The number of allylic oxidation sites excluding steroid dienone is 8. The van der Waals surface area contributed by atoms with Crippen molar-refractivity contribution < 1.29 is 0 Å². The Morgan fingerprint density at radius 3 is 1.88 bits per heavy atom. The van der Waals surface area contributed by atoms with E-state index in [0.29, 0.717) is 23.4 Å². The van der Waals surface area contributed by atoms with Gasteiger partial charge in [0.15, 0.2) is 17.5 Å². The Labute approximate surface area is 287 Å². The lowest BCUT2D eigenvalue weighted by molar-refractivity contribution is 0.810. The third kappa shape index (κ3) is 5.66. The Hall–Kier alpha value is -6.00. The summed E-state index contributed by atoms with van der Waals surface area (Å²) in [5, 5.41) is 0. The maximum atomic E-state index is 5.11. The molecule has 0 N–H and O–H groups in total. The summed E-state index contributed by atoms with van der Waals surface area (Å²) in [6.45, 7) is 0. The molecule has 6 aromatic rings. The third-order valence-corrected chi connectivity index (χ3v) is 10.1. The van der Waals surface area contributed by atoms with Crippen LogP contribution in [-0.2, 0) is 5.41 Å². The van der Waals surface area contributed by atoms with Crippen molar-refractivity contribution in [1.82, 2.24) is 19.9 Å². The zero-order chi connectivity index (χ0) is 32.6. The molecular weight excluding hydrogens is 597 g/mol. The first-order chi connectivity index (χ1) is 24.2. The van der Waals surface area contributed by atoms with E-state index < -0.39 is 0 Å². The first kappa shape index (κ1) is 29.2. The number of aromatic nitrogens is 4. The van der Waals surface area contributed by atoms with E-state index in [0.717, 1.165) is 45.5 Å². The second-order valence-corrected chi connectivity index (χ2v) is 13.1. The van der Waals surface area contributed by atoms with Crippen molar-refractivity contribution in [3.05, 3.63) is 193 Å². The third-order valence-electron chi connectivity index (χ3n) is 10.1. The number of rotatable bonds is 7. The minimum absolute atomic E-state index is 0.158. The highest BCUT2D eigenvalue weighted by Crippen LogP contribution is 2.57. The molecule has 4 nitrogen and oxygen atoms in total. The van der Waals surface area contributed by atoms with Crippen molar-refractivity contribution in [2.45, 2.75) is 24.2 Å². The van der Waals surface area contributed by atoms with Crippen molar-refractivity contribution in [2.24, 2.45) is 5.92 Å². The van der Waals surface area contributed by atoms with Gasteiger partial charge in [-0.2, -0.15) is 0 Å². The van der Waals surface area contributed by atoms with Crippen LogP contribution in [0, 0.1) is 5.92 Å². The maximum absolute atomic E-state index is 5.11. The lowest BCUT2D eigenvalue weighted by Crippen LogP contribution is -2.10. The zero-order valence-electron chi connectivity index (χ0n) is 27.0. The van der Waals surface area contributed by atoms with Crippen molar-refractivity contribution in [2.75, 3.05) is 0 Å². The van der Waals surface area contributed by atoms with E-state index in [4.69, 9.17) is 15.0 Å². The molecule has 4 heteroatoms. The molecule has 0 spiro atoms. The topological polar surface area (TPSA) is 51.6 Å². The molecule has 1 saturated carbocycles. The number of fused-ring (bicyclic) bond motifs is 1. The van der Waals surface area contributed by atoms with Gasteiger partial charge in [-0.05, 0) is 64.8 Å². The van der Waals surface area contributed by atoms with Crippen molar-refractivity contribution >= 4 is 11.1 Å². The Morgan fingerprint density at radius 1 is 0.571 bits per heavy atom.